The van der Waals surface area contributed by atoms with E-state index in [1.807, 2.05) is 42.6 Å². The number of aromatic nitrogens is 4. The number of fused-ring (bicyclic) bond motifs is 1. The fourth-order valence-corrected chi connectivity index (χ4v) is 3.17. The molecule has 0 bridgehead atoms. The zero-order valence-electron chi connectivity index (χ0n) is 15.3. The topological polar surface area (TPSA) is 109 Å². The van der Waals surface area contributed by atoms with Crippen LogP contribution in [0.25, 0.3) is 5.65 Å². The minimum Gasteiger partial charge on any atom is -0.357 e. The van der Waals surface area contributed by atoms with Crippen LogP contribution in [0.2, 0.25) is 0 Å². The van der Waals surface area contributed by atoms with Crippen molar-refractivity contribution in [3.63, 3.8) is 0 Å². The Morgan fingerprint density at radius 2 is 2.07 bits per heavy atom. The molecule has 3 aromatic heterocycles. The van der Waals surface area contributed by atoms with E-state index in [-0.39, 0.29) is 5.91 Å². The maximum atomic E-state index is 12.1. The van der Waals surface area contributed by atoms with Crippen molar-refractivity contribution in [2.75, 3.05) is 19.6 Å². The van der Waals surface area contributed by atoms with Crippen LogP contribution in [-0.4, -0.2) is 51.1 Å². The average Bonchev–Trinajstić information content (AvgIpc) is 3.29. The van der Waals surface area contributed by atoms with Crippen LogP contribution < -0.4 is 16.0 Å². The molecule has 3 N–H and O–H groups in total. The van der Waals surface area contributed by atoms with Gasteiger partial charge in [0.05, 0.1) is 11.2 Å². The summed E-state index contributed by atoms with van der Waals surface area (Å²) in [6.45, 7) is 5.99. The van der Waals surface area contributed by atoms with E-state index in [0.717, 1.165) is 23.7 Å². The number of guanidine groups is 1. The second-order valence-electron chi connectivity index (χ2n) is 5.69. The fraction of sp³-hybridized carbons (Fsp3) is 0.353. The van der Waals surface area contributed by atoms with Gasteiger partial charge >= 0.3 is 0 Å². The molecular weight excluding hydrogens is 364 g/mol. The van der Waals surface area contributed by atoms with E-state index in [1.54, 1.807) is 5.51 Å². The molecule has 3 heterocycles. The van der Waals surface area contributed by atoms with Crippen LogP contribution in [0.15, 0.2) is 34.9 Å². The van der Waals surface area contributed by atoms with Gasteiger partial charge in [0.25, 0.3) is 5.91 Å². The summed E-state index contributed by atoms with van der Waals surface area (Å²) in [4.78, 5) is 21.3. The van der Waals surface area contributed by atoms with E-state index < -0.39 is 0 Å². The highest BCUT2D eigenvalue weighted by Gasteiger charge is 2.10. The molecule has 0 aromatic carbocycles. The summed E-state index contributed by atoms with van der Waals surface area (Å²) >= 11 is 1.34. The van der Waals surface area contributed by atoms with Crippen molar-refractivity contribution in [1.82, 2.24) is 35.5 Å². The van der Waals surface area contributed by atoms with Crippen molar-refractivity contribution in [2.24, 2.45) is 4.99 Å². The lowest BCUT2D eigenvalue weighted by Crippen LogP contribution is -2.41. The van der Waals surface area contributed by atoms with Crippen LogP contribution in [0, 0.1) is 6.92 Å². The first-order chi connectivity index (χ1) is 13.2. The molecule has 0 fully saturated rings. The van der Waals surface area contributed by atoms with Crippen molar-refractivity contribution in [3.8, 4) is 0 Å². The van der Waals surface area contributed by atoms with Gasteiger partial charge in [0.1, 0.15) is 11.4 Å². The number of pyridine rings is 1. The largest absolute Gasteiger partial charge is 0.357 e. The summed E-state index contributed by atoms with van der Waals surface area (Å²) in [5.74, 6) is 1.32. The molecular formula is C17H22N8OS. The zero-order chi connectivity index (χ0) is 19.1. The third-order valence-corrected chi connectivity index (χ3v) is 4.69. The third kappa shape index (κ3) is 4.79. The molecule has 10 heteroatoms. The quantitative estimate of drug-likeness (QED) is 0.317. The van der Waals surface area contributed by atoms with Gasteiger partial charge in [-0.1, -0.05) is 6.07 Å². The first-order valence-electron chi connectivity index (χ1n) is 8.68. The highest BCUT2D eigenvalue weighted by molar-refractivity contribution is 7.11. The molecule has 0 radical (unpaired) electrons. The minimum atomic E-state index is -0.103. The summed E-state index contributed by atoms with van der Waals surface area (Å²) < 4.78 is 1.91. The number of carbonyl (C=O) groups is 1. The van der Waals surface area contributed by atoms with Crippen LogP contribution in [0.1, 0.15) is 28.1 Å². The molecule has 0 unspecified atom stereocenters. The molecule has 3 rings (SSSR count). The summed E-state index contributed by atoms with van der Waals surface area (Å²) in [6.07, 6.45) is 1.91. The molecule has 3 aromatic rings. The number of hydrogen-bond acceptors (Lipinski definition) is 6. The van der Waals surface area contributed by atoms with E-state index in [2.05, 4.69) is 36.1 Å². The van der Waals surface area contributed by atoms with Gasteiger partial charge in [-0.2, -0.15) is 0 Å². The van der Waals surface area contributed by atoms with Crippen LogP contribution in [0.3, 0.4) is 0 Å². The maximum absolute atomic E-state index is 12.1. The molecule has 0 atom stereocenters. The van der Waals surface area contributed by atoms with Crippen molar-refractivity contribution >= 4 is 28.9 Å². The summed E-state index contributed by atoms with van der Waals surface area (Å²) in [6, 6.07) is 5.75. The van der Waals surface area contributed by atoms with E-state index >= 15 is 0 Å². The third-order valence-electron chi connectivity index (χ3n) is 3.76. The van der Waals surface area contributed by atoms with E-state index in [0.29, 0.717) is 30.5 Å². The van der Waals surface area contributed by atoms with E-state index in [1.165, 1.54) is 11.3 Å². The Hall–Kier alpha value is -3.01. The Balaban J connectivity index is 1.52. The van der Waals surface area contributed by atoms with Gasteiger partial charge in [-0.05, 0) is 26.0 Å². The van der Waals surface area contributed by atoms with Gasteiger partial charge in [0.15, 0.2) is 17.4 Å². The first kappa shape index (κ1) is 18.8. The lowest BCUT2D eigenvalue weighted by molar-refractivity contribution is 0.0957. The lowest BCUT2D eigenvalue weighted by atomic mass is 10.4. The first-order valence-corrected chi connectivity index (χ1v) is 9.56. The number of carbonyl (C=O) groups excluding carboxylic acids is 1. The summed E-state index contributed by atoms with van der Waals surface area (Å²) in [7, 11) is 0. The number of hydrogen-bond donors (Lipinski definition) is 3. The van der Waals surface area contributed by atoms with Crippen molar-refractivity contribution in [2.45, 2.75) is 20.4 Å². The lowest BCUT2D eigenvalue weighted by Gasteiger charge is -2.11. The van der Waals surface area contributed by atoms with Gasteiger partial charge < -0.3 is 16.0 Å². The average molecular weight is 386 g/mol. The molecule has 0 saturated carbocycles. The number of amides is 1. The molecule has 0 aliphatic rings. The second kappa shape index (κ2) is 9.08. The SMILES string of the molecule is CCNC(=NCc1nnc2ccccn12)NCCNC(=O)c1scnc1C. The van der Waals surface area contributed by atoms with Gasteiger partial charge in [-0.25, -0.2) is 9.98 Å². The van der Waals surface area contributed by atoms with Gasteiger partial charge in [-0.15, -0.1) is 21.5 Å². The molecule has 0 saturated heterocycles. The normalized spacial score (nSPS) is 11.6. The Bertz CT molecular complexity index is 932. The standard InChI is InChI=1S/C17H22N8OS/c1-3-18-17(20-8-7-19-16(26)15-12(2)22-11-27-15)21-10-14-24-23-13-6-4-5-9-25(13)14/h4-6,9,11H,3,7-8,10H2,1-2H3,(H,19,26)(H2,18,20,21). The Morgan fingerprint density at radius 1 is 1.22 bits per heavy atom. The number of nitrogens with one attached hydrogen (secondary N) is 3. The predicted molar refractivity (Wildman–Crippen MR) is 105 cm³/mol. The predicted octanol–water partition coefficient (Wildman–Crippen LogP) is 0.979. The number of aliphatic imine (C=N–C) groups is 1. The number of aryl methyl sites for hydroxylation is 1. The van der Waals surface area contributed by atoms with Gasteiger partial charge in [-0.3, -0.25) is 9.20 Å². The number of nitrogens with zero attached hydrogens (tertiary/aromatic N) is 5. The minimum absolute atomic E-state index is 0.103. The molecule has 27 heavy (non-hydrogen) atoms. The molecule has 0 aliphatic heterocycles. The smallest absolute Gasteiger partial charge is 0.263 e. The van der Waals surface area contributed by atoms with Gasteiger partial charge in [0.2, 0.25) is 0 Å². The van der Waals surface area contributed by atoms with Crippen LogP contribution in [0.4, 0.5) is 0 Å². The maximum Gasteiger partial charge on any atom is 0.263 e. The number of rotatable bonds is 7. The Kier molecular flexibility index (Phi) is 6.31. The van der Waals surface area contributed by atoms with Gasteiger partial charge in [0, 0.05) is 25.8 Å². The highest BCUT2D eigenvalue weighted by Crippen LogP contribution is 2.11. The molecule has 0 aliphatic carbocycles. The molecule has 9 nitrogen and oxygen atoms in total. The summed E-state index contributed by atoms with van der Waals surface area (Å²) in [5.41, 5.74) is 3.22. The molecule has 1 amide bonds. The van der Waals surface area contributed by atoms with Crippen LogP contribution >= 0.6 is 11.3 Å². The van der Waals surface area contributed by atoms with Crippen molar-refractivity contribution < 1.29 is 4.79 Å². The number of thiazole rings is 1. The van der Waals surface area contributed by atoms with E-state index in [4.69, 9.17) is 0 Å². The van der Waals surface area contributed by atoms with Crippen LogP contribution in [0.5, 0.6) is 0 Å². The van der Waals surface area contributed by atoms with Crippen molar-refractivity contribution in [3.05, 3.63) is 46.3 Å². The Labute approximate surface area is 161 Å². The van der Waals surface area contributed by atoms with E-state index in [9.17, 15) is 4.79 Å². The molecule has 142 valence electrons. The van der Waals surface area contributed by atoms with Crippen LogP contribution in [-0.2, 0) is 6.54 Å². The molecule has 0 spiro atoms. The fourth-order valence-electron chi connectivity index (χ4n) is 2.45. The van der Waals surface area contributed by atoms with Crippen molar-refractivity contribution in [1.29, 1.82) is 0 Å². The second-order valence-corrected chi connectivity index (χ2v) is 6.54. The Morgan fingerprint density at radius 3 is 2.85 bits per heavy atom. The summed E-state index contributed by atoms with van der Waals surface area (Å²) in [5, 5.41) is 17.5. The highest BCUT2D eigenvalue weighted by atomic mass is 32.1. The zero-order valence-corrected chi connectivity index (χ0v) is 16.1. The monoisotopic (exact) mass is 386 g/mol.